The first-order chi connectivity index (χ1) is 14.6. The molecule has 0 bridgehead atoms. The Morgan fingerprint density at radius 1 is 0.968 bits per heavy atom. The SMILES string of the molecule is CCc1cc(N(C)c2ccc(-c3ccccc3-c3nnn[nH]3)cc2)c(Cl)c(CC)n1.Cl. The summed E-state index contributed by atoms with van der Waals surface area (Å²) in [5.74, 6) is 0.648. The standard InChI is InChI=1S/C23H23ClN6.ClH/c1-4-16-14-21(22(24)20(5-2)25-16)30(3)17-12-10-15(11-13-17)18-8-6-7-9-19(18)23-26-28-29-27-23;/h6-14H,4-5H2,1-3H3,(H,26,27,28,29);1H. The number of benzene rings is 2. The monoisotopic (exact) mass is 454 g/mol. The maximum Gasteiger partial charge on any atom is 0.180 e. The Hall–Kier alpha value is -2.96. The van der Waals surface area contributed by atoms with Crippen LogP contribution in [-0.4, -0.2) is 32.7 Å². The summed E-state index contributed by atoms with van der Waals surface area (Å²) in [4.78, 5) is 6.77. The summed E-state index contributed by atoms with van der Waals surface area (Å²) >= 11 is 6.66. The van der Waals surface area contributed by atoms with Crippen LogP contribution in [0.15, 0.2) is 54.6 Å². The average molecular weight is 455 g/mol. The second kappa shape index (κ2) is 9.90. The van der Waals surface area contributed by atoms with Gasteiger partial charge in [0, 0.05) is 24.0 Å². The topological polar surface area (TPSA) is 70.6 Å². The van der Waals surface area contributed by atoms with E-state index in [2.05, 4.69) is 80.8 Å². The van der Waals surface area contributed by atoms with Crippen LogP contribution in [0.5, 0.6) is 0 Å². The molecular formula is C23H24Cl2N6. The summed E-state index contributed by atoms with van der Waals surface area (Å²) in [6, 6.07) is 18.5. The largest absolute Gasteiger partial charge is 0.343 e. The Balaban J connectivity index is 0.00000272. The molecule has 0 aliphatic carbocycles. The molecule has 31 heavy (non-hydrogen) atoms. The highest BCUT2D eigenvalue weighted by Crippen LogP contribution is 2.35. The van der Waals surface area contributed by atoms with Crippen LogP contribution in [0.2, 0.25) is 5.02 Å². The van der Waals surface area contributed by atoms with Crippen molar-refractivity contribution in [2.24, 2.45) is 0 Å². The number of pyridine rings is 1. The van der Waals surface area contributed by atoms with Gasteiger partial charge in [0.05, 0.1) is 16.4 Å². The molecule has 0 aliphatic heterocycles. The maximum atomic E-state index is 6.66. The molecule has 0 radical (unpaired) electrons. The van der Waals surface area contributed by atoms with Crippen molar-refractivity contribution in [3.8, 4) is 22.5 Å². The summed E-state index contributed by atoms with van der Waals surface area (Å²) in [6.07, 6.45) is 1.68. The van der Waals surface area contributed by atoms with Gasteiger partial charge in [0.25, 0.3) is 0 Å². The van der Waals surface area contributed by atoms with Gasteiger partial charge in [-0.3, -0.25) is 4.98 Å². The van der Waals surface area contributed by atoms with Crippen LogP contribution < -0.4 is 4.90 Å². The average Bonchev–Trinajstić information content (AvgIpc) is 3.34. The van der Waals surface area contributed by atoms with Crippen molar-refractivity contribution in [2.75, 3.05) is 11.9 Å². The lowest BCUT2D eigenvalue weighted by atomic mass is 9.99. The number of H-pyrrole nitrogens is 1. The quantitative estimate of drug-likeness (QED) is 0.392. The highest BCUT2D eigenvalue weighted by molar-refractivity contribution is 6.34. The number of aromatic nitrogens is 5. The van der Waals surface area contributed by atoms with Crippen LogP contribution in [0, 0.1) is 0 Å². The van der Waals surface area contributed by atoms with Gasteiger partial charge in [0.2, 0.25) is 0 Å². The first-order valence-corrected chi connectivity index (χ1v) is 10.4. The molecule has 0 saturated carbocycles. The summed E-state index contributed by atoms with van der Waals surface area (Å²) in [5, 5.41) is 15.0. The number of hydrogen-bond donors (Lipinski definition) is 1. The van der Waals surface area contributed by atoms with E-state index in [0.29, 0.717) is 10.8 Å². The number of nitrogens with one attached hydrogen (secondary N) is 1. The molecular weight excluding hydrogens is 431 g/mol. The van der Waals surface area contributed by atoms with E-state index in [4.69, 9.17) is 11.6 Å². The molecule has 0 spiro atoms. The van der Waals surface area contributed by atoms with Gasteiger partial charge in [-0.2, -0.15) is 0 Å². The minimum Gasteiger partial charge on any atom is -0.343 e. The van der Waals surface area contributed by atoms with E-state index in [1.54, 1.807) is 0 Å². The van der Waals surface area contributed by atoms with Gasteiger partial charge in [0.1, 0.15) is 0 Å². The Morgan fingerprint density at radius 2 is 1.68 bits per heavy atom. The van der Waals surface area contributed by atoms with Gasteiger partial charge in [-0.05, 0) is 52.6 Å². The molecule has 0 atom stereocenters. The lowest BCUT2D eigenvalue weighted by Gasteiger charge is -2.23. The first kappa shape index (κ1) is 22.7. The lowest BCUT2D eigenvalue weighted by molar-refractivity contribution is 0.881. The molecule has 0 aliphatic rings. The van der Waals surface area contributed by atoms with Crippen molar-refractivity contribution in [1.82, 2.24) is 25.6 Å². The van der Waals surface area contributed by atoms with Crippen molar-refractivity contribution < 1.29 is 0 Å². The molecule has 4 rings (SSSR count). The zero-order chi connectivity index (χ0) is 21.1. The molecule has 8 heteroatoms. The van der Waals surface area contributed by atoms with E-state index in [0.717, 1.165) is 52.3 Å². The van der Waals surface area contributed by atoms with Crippen LogP contribution in [-0.2, 0) is 12.8 Å². The third-order valence-electron chi connectivity index (χ3n) is 5.21. The van der Waals surface area contributed by atoms with Gasteiger partial charge in [0.15, 0.2) is 5.82 Å². The molecule has 0 fully saturated rings. The van der Waals surface area contributed by atoms with Crippen molar-refractivity contribution in [1.29, 1.82) is 0 Å². The van der Waals surface area contributed by atoms with Crippen molar-refractivity contribution in [3.05, 3.63) is 71.0 Å². The summed E-state index contributed by atoms with van der Waals surface area (Å²) in [7, 11) is 2.03. The second-order valence-electron chi connectivity index (χ2n) is 7.00. The first-order valence-electron chi connectivity index (χ1n) is 9.98. The van der Waals surface area contributed by atoms with Gasteiger partial charge >= 0.3 is 0 Å². The number of tetrazole rings is 1. The number of halogens is 2. The molecule has 0 unspecified atom stereocenters. The normalized spacial score (nSPS) is 10.6. The van der Waals surface area contributed by atoms with Gasteiger partial charge in [-0.15, -0.1) is 17.5 Å². The van der Waals surface area contributed by atoms with E-state index in [1.165, 1.54) is 0 Å². The lowest BCUT2D eigenvalue weighted by Crippen LogP contribution is -2.12. The minimum absolute atomic E-state index is 0. The molecule has 2 aromatic carbocycles. The molecule has 6 nitrogen and oxygen atoms in total. The Labute approximate surface area is 193 Å². The predicted molar refractivity (Wildman–Crippen MR) is 128 cm³/mol. The smallest absolute Gasteiger partial charge is 0.180 e. The van der Waals surface area contributed by atoms with E-state index < -0.39 is 0 Å². The van der Waals surface area contributed by atoms with Gasteiger partial charge < -0.3 is 4.90 Å². The van der Waals surface area contributed by atoms with Crippen molar-refractivity contribution >= 4 is 35.4 Å². The van der Waals surface area contributed by atoms with Crippen LogP contribution in [0.1, 0.15) is 25.2 Å². The van der Waals surface area contributed by atoms with Crippen LogP contribution in [0.25, 0.3) is 22.5 Å². The number of hydrogen-bond acceptors (Lipinski definition) is 5. The molecule has 4 aromatic rings. The highest BCUT2D eigenvalue weighted by Gasteiger charge is 2.15. The minimum atomic E-state index is 0. The number of anilines is 2. The fraction of sp³-hybridized carbons (Fsp3) is 0.217. The molecule has 2 heterocycles. The van der Waals surface area contributed by atoms with Crippen LogP contribution in [0.3, 0.4) is 0 Å². The van der Waals surface area contributed by atoms with E-state index in [1.807, 2.05) is 25.2 Å². The predicted octanol–water partition coefficient (Wildman–Crippen LogP) is 5.90. The molecule has 0 amide bonds. The molecule has 160 valence electrons. The Bertz CT molecular complexity index is 1140. The van der Waals surface area contributed by atoms with Crippen molar-refractivity contribution in [2.45, 2.75) is 26.7 Å². The molecule has 1 N–H and O–H groups in total. The fourth-order valence-corrected chi connectivity index (χ4v) is 3.86. The zero-order valence-electron chi connectivity index (χ0n) is 17.6. The number of rotatable bonds is 6. The third-order valence-corrected chi connectivity index (χ3v) is 5.62. The van der Waals surface area contributed by atoms with Crippen molar-refractivity contribution in [3.63, 3.8) is 0 Å². The molecule has 2 aromatic heterocycles. The maximum absolute atomic E-state index is 6.66. The number of nitrogens with zero attached hydrogens (tertiary/aromatic N) is 5. The van der Waals surface area contributed by atoms with E-state index in [-0.39, 0.29) is 12.4 Å². The summed E-state index contributed by atoms with van der Waals surface area (Å²) < 4.78 is 0. The number of aromatic amines is 1. The Morgan fingerprint density at radius 3 is 2.29 bits per heavy atom. The molecule has 0 saturated heterocycles. The third kappa shape index (κ3) is 4.55. The second-order valence-corrected chi connectivity index (χ2v) is 7.38. The summed E-state index contributed by atoms with van der Waals surface area (Å²) in [6.45, 7) is 4.18. The van der Waals surface area contributed by atoms with E-state index >= 15 is 0 Å². The fourth-order valence-electron chi connectivity index (χ4n) is 3.50. The van der Waals surface area contributed by atoms with Crippen LogP contribution >= 0.6 is 24.0 Å². The number of aryl methyl sites for hydroxylation is 2. The Kier molecular flexibility index (Phi) is 7.25. The van der Waals surface area contributed by atoms with Gasteiger partial charge in [-0.1, -0.05) is 61.8 Å². The van der Waals surface area contributed by atoms with E-state index in [9.17, 15) is 0 Å². The summed E-state index contributed by atoms with van der Waals surface area (Å²) in [5.41, 5.74) is 7.11. The highest BCUT2D eigenvalue weighted by atomic mass is 35.5. The zero-order valence-corrected chi connectivity index (χ0v) is 19.2. The van der Waals surface area contributed by atoms with Gasteiger partial charge in [-0.25, -0.2) is 5.10 Å². The van der Waals surface area contributed by atoms with Crippen LogP contribution in [0.4, 0.5) is 11.4 Å².